The Morgan fingerprint density at radius 2 is 2.24 bits per heavy atom. The first kappa shape index (κ1) is 14.6. The lowest BCUT2D eigenvalue weighted by atomic mass is 9.94. The van der Waals surface area contributed by atoms with Crippen molar-refractivity contribution < 1.29 is 4.74 Å². The van der Waals surface area contributed by atoms with Crippen LogP contribution >= 0.6 is 0 Å². The molecule has 2 atom stereocenters. The van der Waals surface area contributed by atoms with Crippen molar-refractivity contribution in [2.45, 2.75) is 38.3 Å². The lowest BCUT2D eigenvalue weighted by molar-refractivity contribution is 0.0817. The van der Waals surface area contributed by atoms with Gasteiger partial charge in [-0.25, -0.2) is 0 Å². The molecular formula is C13H27N3O. The summed E-state index contributed by atoms with van der Waals surface area (Å²) in [5, 5.41) is 3.42. The highest BCUT2D eigenvalue weighted by Crippen LogP contribution is 2.20. The Balaban J connectivity index is 2.50. The van der Waals surface area contributed by atoms with E-state index in [2.05, 4.69) is 35.8 Å². The van der Waals surface area contributed by atoms with Gasteiger partial charge < -0.3 is 10.1 Å². The Bertz CT molecular complexity index is 227. The predicted octanol–water partition coefficient (Wildman–Crippen LogP) is 1.17. The van der Waals surface area contributed by atoms with Crippen LogP contribution in [0.5, 0.6) is 0 Å². The number of nitrogens with one attached hydrogen (secondary N) is 1. The number of methoxy groups -OCH3 is 1. The summed E-state index contributed by atoms with van der Waals surface area (Å²) in [6.07, 6.45) is 2.37. The molecule has 2 unspecified atom stereocenters. The number of hydrogen-bond acceptors (Lipinski definition) is 4. The fourth-order valence-corrected chi connectivity index (χ4v) is 2.42. The maximum atomic E-state index is 5.34. The summed E-state index contributed by atoms with van der Waals surface area (Å²) < 4.78 is 5.34. The van der Waals surface area contributed by atoms with Gasteiger partial charge in [0.1, 0.15) is 0 Å². The van der Waals surface area contributed by atoms with Crippen LogP contribution in [0.2, 0.25) is 0 Å². The number of hydrogen-bond donors (Lipinski definition) is 1. The van der Waals surface area contributed by atoms with Gasteiger partial charge >= 0.3 is 0 Å². The van der Waals surface area contributed by atoms with Gasteiger partial charge in [0.2, 0.25) is 0 Å². The number of nitrogens with zero attached hydrogens (tertiary/aromatic N) is 2. The van der Waals surface area contributed by atoms with E-state index in [1.165, 1.54) is 6.42 Å². The Labute approximate surface area is 105 Å². The molecule has 1 heterocycles. The van der Waals surface area contributed by atoms with E-state index in [1.807, 2.05) is 0 Å². The van der Waals surface area contributed by atoms with Gasteiger partial charge in [0.15, 0.2) is 0 Å². The zero-order valence-corrected chi connectivity index (χ0v) is 11.5. The van der Waals surface area contributed by atoms with Gasteiger partial charge in [-0.2, -0.15) is 0 Å². The van der Waals surface area contributed by atoms with Crippen molar-refractivity contribution in [2.24, 2.45) is 4.99 Å². The SMILES string of the molecule is C=NC(C)(CC(C)OC)CN1CCCNCC1. The molecule has 100 valence electrons. The first-order valence-corrected chi connectivity index (χ1v) is 6.53. The molecule has 1 aliphatic heterocycles. The molecule has 1 N–H and O–H groups in total. The van der Waals surface area contributed by atoms with Crippen molar-refractivity contribution in [1.29, 1.82) is 0 Å². The van der Waals surface area contributed by atoms with Crippen molar-refractivity contribution in [1.82, 2.24) is 10.2 Å². The third-order valence-corrected chi connectivity index (χ3v) is 3.51. The molecule has 1 rings (SSSR count). The average molecular weight is 241 g/mol. The van der Waals surface area contributed by atoms with Crippen LogP contribution < -0.4 is 5.32 Å². The van der Waals surface area contributed by atoms with Gasteiger partial charge in [-0.3, -0.25) is 9.89 Å². The van der Waals surface area contributed by atoms with Crippen LogP contribution in [0.3, 0.4) is 0 Å². The molecule has 0 bridgehead atoms. The van der Waals surface area contributed by atoms with E-state index in [4.69, 9.17) is 4.74 Å². The van der Waals surface area contributed by atoms with E-state index in [1.54, 1.807) is 7.11 Å². The lowest BCUT2D eigenvalue weighted by Gasteiger charge is -2.33. The van der Waals surface area contributed by atoms with E-state index < -0.39 is 0 Å². The van der Waals surface area contributed by atoms with Crippen molar-refractivity contribution in [3.05, 3.63) is 0 Å². The molecule has 0 amide bonds. The molecule has 0 spiro atoms. The van der Waals surface area contributed by atoms with Crippen LogP contribution in [0, 0.1) is 0 Å². The van der Waals surface area contributed by atoms with Crippen LogP contribution in [0.4, 0.5) is 0 Å². The molecule has 0 aliphatic carbocycles. The normalized spacial score (nSPS) is 23.7. The van der Waals surface area contributed by atoms with E-state index in [0.29, 0.717) is 0 Å². The highest BCUT2D eigenvalue weighted by atomic mass is 16.5. The standard InChI is InChI=1S/C13H27N3O/c1-12(17-4)10-13(2,14-3)11-16-8-5-6-15-7-9-16/h12,15H,3,5-11H2,1-2,4H3. The number of rotatable bonds is 6. The summed E-state index contributed by atoms with van der Waals surface area (Å²) >= 11 is 0. The highest BCUT2D eigenvalue weighted by Gasteiger charge is 2.27. The Kier molecular flexibility index (Phi) is 6.09. The van der Waals surface area contributed by atoms with Gasteiger partial charge in [-0.05, 0) is 46.5 Å². The van der Waals surface area contributed by atoms with Gasteiger partial charge in [-0.15, -0.1) is 0 Å². The molecule has 4 heteroatoms. The molecule has 0 aromatic rings. The lowest BCUT2D eigenvalue weighted by Crippen LogP contribution is -2.43. The molecule has 4 nitrogen and oxygen atoms in total. The minimum Gasteiger partial charge on any atom is -0.382 e. The van der Waals surface area contributed by atoms with Crippen LogP contribution in [-0.2, 0) is 4.74 Å². The second-order valence-corrected chi connectivity index (χ2v) is 5.29. The zero-order valence-electron chi connectivity index (χ0n) is 11.5. The van der Waals surface area contributed by atoms with Gasteiger partial charge in [0.25, 0.3) is 0 Å². The molecule has 0 aromatic carbocycles. The van der Waals surface area contributed by atoms with Gasteiger partial charge in [-0.1, -0.05) is 0 Å². The quantitative estimate of drug-likeness (QED) is 0.709. The molecule has 1 aliphatic rings. The van der Waals surface area contributed by atoms with Crippen molar-refractivity contribution in [3.63, 3.8) is 0 Å². The molecule has 1 fully saturated rings. The fourth-order valence-electron chi connectivity index (χ4n) is 2.42. The maximum Gasteiger partial charge on any atom is 0.0723 e. The first-order chi connectivity index (χ1) is 8.09. The Morgan fingerprint density at radius 1 is 1.47 bits per heavy atom. The molecule has 0 aromatic heterocycles. The summed E-state index contributed by atoms with van der Waals surface area (Å²) in [7, 11) is 1.75. The topological polar surface area (TPSA) is 36.9 Å². The summed E-state index contributed by atoms with van der Waals surface area (Å²) in [6, 6.07) is 0. The third kappa shape index (κ3) is 5.15. The van der Waals surface area contributed by atoms with E-state index in [-0.39, 0.29) is 11.6 Å². The van der Waals surface area contributed by atoms with E-state index in [9.17, 15) is 0 Å². The first-order valence-electron chi connectivity index (χ1n) is 6.53. The molecule has 1 saturated heterocycles. The fraction of sp³-hybridized carbons (Fsp3) is 0.923. The van der Waals surface area contributed by atoms with Gasteiger partial charge in [0, 0.05) is 26.7 Å². The monoisotopic (exact) mass is 241 g/mol. The second-order valence-electron chi connectivity index (χ2n) is 5.29. The smallest absolute Gasteiger partial charge is 0.0723 e. The number of aliphatic imine (C=N–C) groups is 1. The van der Waals surface area contributed by atoms with E-state index >= 15 is 0 Å². The summed E-state index contributed by atoms with van der Waals surface area (Å²) in [5.41, 5.74) is -0.0975. The third-order valence-electron chi connectivity index (χ3n) is 3.51. The van der Waals surface area contributed by atoms with Crippen molar-refractivity contribution in [2.75, 3.05) is 39.8 Å². The molecule has 17 heavy (non-hydrogen) atoms. The summed E-state index contributed by atoms with van der Waals surface area (Å²) in [5.74, 6) is 0. The average Bonchev–Trinajstić information content (AvgIpc) is 2.57. The number of ether oxygens (including phenoxy) is 1. The second kappa shape index (κ2) is 7.09. The largest absolute Gasteiger partial charge is 0.382 e. The Hall–Kier alpha value is -0.450. The van der Waals surface area contributed by atoms with E-state index in [0.717, 1.165) is 39.1 Å². The zero-order chi connectivity index (χ0) is 12.7. The summed E-state index contributed by atoms with van der Waals surface area (Å²) in [6.45, 7) is 13.5. The van der Waals surface area contributed by atoms with Crippen LogP contribution in [0.1, 0.15) is 26.7 Å². The maximum absolute atomic E-state index is 5.34. The summed E-state index contributed by atoms with van der Waals surface area (Å²) in [4.78, 5) is 6.82. The van der Waals surface area contributed by atoms with Crippen molar-refractivity contribution in [3.8, 4) is 0 Å². The highest BCUT2D eigenvalue weighted by molar-refractivity contribution is 5.26. The molecule has 0 radical (unpaired) electrons. The van der Waals surface area contributed by atoms with Crippen molar-refractivity contribution >= 4 is 6.72 Å². The Morgan fingerprint density at radius 3 is 2.88 bits per heavy atom. The minimum atomic E-state index is -0.0975. The molecule has 0 saturated carbocycles. The minimum absolute atomic E-state index is 0.0975. The van der Waals surface area contributed by atoms with Gasteiger partial charge in [0.05, 0.1) is 11.6 Å². The molecular weight excluding hydrogens is 214 g/mol. The van der Waals surface area contributed by atoms with Crippen LogP contribution in [0.25, 0.3) is 0 Å². The predicted molar refractivity (Wildman–Crippen MR) is 73.0 cm³/mol. The van der Waals surface area contributed by atoms with Crippen LogP contribution in [-0.4, -0.2) is 63.1 Å². The van der Waals surface area contributed by atoms with Crippen LogP contribution in [0.15, 0.2) is 4.99 Å².